The van der Waals surface area contributed by atoms with Gasteiger partial charge in [0.2, 0.25) is 5.71 Å². The van der Waals surface area contributed by atoms with Crippen LogP contribution < -0.4 is 0 Å². The second kappa shape index (κ2) is 6.04. The minimum Gasteiger partial charge on any atom is -0.454 e. The highest BCUT2D eigenvalue weighted by Gasteiger charge is 2.15. The number of aromatic nitrogens is 2. The van der Waals surface area contributed by atoms with E-state index in [4.69, 9.17) is 8.83 Å². The summed E-state index contributed by atoms with van der Waals surface area (Å²) in [7, 11) is 0. The van der Waals surface area contributed by atoms with Crippen molar-refractivity contribution in [3.63, 3.8) is 0 Å². The summed E-state index contributed by atoms with van der Waals surface area (Å²) in [4.78, 5) is 9.18. The van der Waals surface area contributed by atoms with E-state index in [0.717, 1.165) is 55.6 Å². The molecule has 0 N–H and O–H groups in total. The van der Waals surface area contributed by atoms with Gasteiger partial charge in [0.1, 0.15) is 11.3 Å². The smallest absolute Gasteiger partial charge is 0.227 e. The molecule has 0 saturated heterocycles. The zero-order valence-electron chi connectivity index (χ0n) is 15.7. The molecule has 0 spiro atoms. The highest BCUT2D eigenvalue weighted by molar-refractivity contribution is 6.08. The molecular formula is C25H16N2O2. The number of pyridine rings is 2. The normalized spacial score (nSPS) is 11.6. The molecular weight excluding hydrogens is 360 g/mol. The molecule has 0 saturated carbocycles. The Labute approximate surface area is 166 Å². The molecule has 4 aromatic heterocycles. The second-order valence-electron chi connectivity index (χ2n) is 7.17. The van der Waals surface area contributed by atoms with Gasteiger partial charge in [0, 0.05) is 33.0 Å². The van der Waals surface area contributed by atoms with Gasteiger partial charge in [-0.25, -0.2) is 4.98 Å². The molecule has 2 aromatic carbocycles. The summed E-state index contributed by atoms with van der Waals surface area (Å²) >= 11 is 0. The Morgan fingerprint density at radius 1 is 0.793 bits per heavy atom. The van der Waals surface area contributed by atoms with Gasteiger partial charge in [0.05, 0.1) is 11.9 Å². The fraction of sp³-hybridized carbons (Fsp3) is 0.0400. The van der Waals surface area contributed by atoms with Crippen LogP contribution in [0.3, 0.4) is 0 Å². The zero-order chi connectivity index (χ0) is 19.4. The summed E-state index contributed by atoms with van der Waals surface area (Å²) in [6.07, 6.45) is 1.78. The number of rotatable bonds is 2. The van der Waals surface area contributed by atoms with Crippen LogP contribution in [0, 0.1) is 6.92 Å². The first-order valence-corrected chi connectivity index (χ1v) is 9.50. The van der Waals surface area contributed by atoms with Gasteiger partial charge in [-0.3, -0.25) is 4.98 Å². The lowest BCUT2D eigenvalue weighted by Gasteiger charge is -2.01. The quantitative estimate of drug-likeness (QED) is 0.335. The molecule has 0 bridgehead atoms. The number of furan rings is 2. The fourth-order valence-corrected chi connectivity index (χ4v) is 3.81. The number of benzene rings is 2. The summed E-state index contributed by atoms with van der Waals surface area (Å²) < 4.78 is 12.1. The Morgan fingerprint density at radius 3 is 2.59 bits per heavy atom. The van der Waals surface area contributed by atoms with Gasteiger partial charge in [-0.15, -0.1) is 0 Å². The third-order valence-electron chi connectivity index (χ3n) is 5.24. The fourth-order valence-electron chi connectivity index (χ4n) is 3.81. The third kappa shape index (κ3) is 2.53. The number of fused-ring (bicyclic) bond motifs is 4. The van der Waals surface area contributed by atoms with E-state index in [9.17, 15) is 0 Å². The molecule has 0 atom stereocenters. The van der Waals surface area contributed by atoms with Crippen molar-refractivity contribution in [3.8, 4) is 22.6 Å². The minimum absolute atomic E-state index is 0.656. The van der Waals surface area contributed by atoms with Crippen molar-refractivity contribution in [1.29, 1.82) is 0 Å². The molecule has 0 aliphatic heterocycles. The molecule has 0 aliphatic rings. The van der Waals surface area contributed by atoms with E-state index < -0.39 is 0 Å². The molecule has 4 heteroatoms. The number of hydrogen-bond donors (Lipinski definition) is 0. The van der Waals surface area contributed by atoms with Crippen LogP contribution in [-0.4, -0.2) is 9.97 Å². The van der Waals surface area contributed by atoms with E-state index in [2.05, 4.69) is 28.2 Å². The minimum atomic E-state index is 0.656. The van der Waals surface area contributed by atoms with Crippen LogP contribution in [0.5, 0.6) is 0 Å². The van der Waals surface area contributed by atoms with Gasteiger partial charge in [-0.1, -0.05) is 42.5 Å². The lowest BCUT2D eigenvalue weighted by Crippen LogP contribution is -1.83. The van der Waals surface area contributed by atoms with Crippen molar-refractivity contribution in [2.45, 2.75) is 6.92 Å². The van der Waals surface area contributed by atoms with Crippen LogP contribution in [-0.2, 0) is 0 Å². The second-order valence-corrected chi connectivity index (χ2v) is 7.17. The Morgan fingerprint density at radius 2 is 1.69 bits per heavy atom. The molecule has 29 heavy (non-hydrogen) atoms. The van der Waals surface area contributed by atoms with Gasteiger partial charge in [-0.05, 0) is 37.3 Å². The predicted octanol–water partition coefficient (Wildman–Crippen LogP) is 6.76. The van der Waals surface area contributed by atoms with Gasteiger partial charge in [0.25, 0.3) is 0 Å². The van der Waals surface area contributed by atoms with Gasteiger partial charge < -0.3 is 8.83 Å². The number of hydrogen-bond acceptors (Lipinski definition) is 4. The zero-order valence-corrected chi connectivity index (χ0v) is 15.7. The number of nitrogens with zero attached hydrogens (tertiary/aromatic N) is 2. The lowest BCUT2D eigenvalue weighted by molar-refractivity contribution is 0.630. The van der Waals surface area contributed by atoms with E-state index in [1.807, 2.05) is 61.5 Å². The topological polar surface area (TPSA) is 52.1 Å². The average molecular weight is 376 g/mol. The number of aryl methyl sites for hydroxylation is 1. The molecule has 0 amide bonds. The van der Waals surface area contributed by atoms with Crippen molar-refractivity contribution in [2.75, 3.05) is 0 Å². The average Bonchev–Trinajstić information content (AvgIpc) is 3.34. The van der Waals surface area contributed by atoms with Crippen molar-refractivity contribution in [2.24, 2.45) is 0 Å². The summed E-state index contributed by atoms with van der Waals surface area (Å²) in [5.74, 6) is 0.834. The monoisotopic (exact) mass is 376 g/mol. The van der Waals surface area contributed by atoms with E-state index in [1.165, 1.54) is 0 Å². The van der Waals surface area contributed by atoms with E-state index in [-0.39, 0.29) is 0 Å². The standard InChI is InChI=1S/C25H16N2O2/c1-15-10-11-19-18-8-5-9-20(24(18)29-25(19)27-15)21-12-17-13-22(28-23(17)14-26-21)16-6-3-2-4-7-16/h2-14H,1H3. The van der Waals surface area contributed by atoms with Crippen molar-refractivity contribution in [3.05, 3.63) is 84.7 Å². The first kappa shape index (κ1) is 16.1. The Hall–Kier alpha value is -3.92. The molecule has 0 unspecified atom stereocenters. The van der Waals surface area contributed by atoms with Gasteiger partial charge >= 0.3 is 0 Å². The molecule has 0 fully saturated rings. The highest BCUT2D eigenvalue weighted by atomic mass is 16.3. The first-order valence-electron chi connectivity index (χ1n) is 9.50. The van der Waals surface area contributed by atoms with Crippen LogP contribution in [0.4, 0.5) is 0 Å². The molecule has 4 heterocycles. The maximum absolute atomic E-state index is 6.13. The predicted molar refractivity (Wildman–Crippen MR) is 115 cm³/mol. The molecule has 0 radical (unpaired) electrons. The van der Waals surface area contributed by atoms with Crippen LogP contribution in [0.25, 0.3) is 55.6 Å². The maximum Gasteiger partial charge on any atom is 0.227 e. The summed E-state index contributed by atoms with van der Waals surface area (Å²) in [6, 6.07) is 24.4. The molecule has 6 aromatic rings. The largest absolute Gasteiger partial charge is 0.454 e. The molecule has 4 nitrogen and oxygen atoms in total. The van der Waals surface area contributed by atoms with Crippen molar-refractivity contribution >= 4 is 33.0 Å². The van der Waals surface area contributed by atoms with E-state index in [1.54, 1.807) is 6.20 Å². The van der Waals surface area contributed by atoms with E-state index in [0.29, 0.717) is 5.71 Å². The Balaban J connectivity index is 1.54. The van der Waals surface area contributed by atoms with E-state index >= 15 is 0 Å². The van der Waals surface area contributed by atoms with Crippen LogP contribution in [0.1, 0.15) is 5.69 Å². The third-order valence-corrected chi connectivity index (χ3v) is 5.24. The first-order chi connectivity index (χ1) is 14.3. The summed E-state index contributed by atoms with van der Waals surface area (Å²) in [5, 5.41) is 3.07. The van der Waals surface area contributed by atoms with Gasteiger partial charge in [-0.2, -0.15) is 0 Å². The van der Waals surface area contributed by atoms with Crippen molar-refractivity contribution < 1.29 is 8.83 Å². The van der Waals surface area contributed by atoms with Crippen LogP contribution >= 0.6 is 0 Å². The van der Waals surface area contributed by atoms with Gasteiger partial charge in [0.15, 0.2) is 5.58 Å². The molecule has 6 rings (SSSR count). The van der Waals surface area contributed by atoms with Crippen molar-refractivity contribution in [1.82, 2.24) is 9.97 Å². The van der Waals surface area contributed by atoms with Crippen LogP contribution in [0.2, 0.25) is 0 Å². The van der Waals surface area contributed by atoms with Crippen LogP contribution in [0.15, 0.2) is 87.8 Å². The Kier molecular flexibility index (Phi) is 3.35. The summed E-state index contributed by atoms with van der Waals surface area (Å²) in [5.41, 5.74) is 6.00. The highest BCUT2D eigenvalue weighted by Crippen LogP contribution is 2.36. The maximum atomic E-state index is 6.13. The molecule has 138 valence electrons. The SMILES string of the molecule is Cc1ccc2c(n1)oc1c(-c3cc4cc(-c5ccccc5)oc4cn3)cccc12. The summed E-state index contributed by atoms with van der Waals surface area (Å²) in [6.45, 7) is 1.96. The molecule has 0 aliphatic carbocycles. The number of para-hydroxylation sites is 1. The Bertz CT molecular complexity index is 1510. The lowest BCUT2D eigenvalue weighted by atomic mass is 10.1.